The van der Waals surface area contributed by atoms with Gasteiger partial charge >= 0.3 is 0 Å². The number of carbonyl (C=O) groups is 1. The van der Waals surface area contributed by atoms with Crippen LogP contribution in [-0.2, 0) is 4.79 Å². The fraction of sp³-hybridized carbons (Fsp3) is 0.316. The number of ether oxygens (including phenoxy) is 1. The molecule has 1 atom stereocenters. The first-order valence-corrected chi connectivity index (χ1v) is 8.56. The van der Waals surface area contributed by atoms with E-state index in [4.69, 9.17) is 4.74 Å². The Bertz CT molecular complexity index is 1060. The van der Waals surface area contributed by atoms with E-state index in [2.05, 4.69) is 15.4 Å². The van der Waals surface area contributed by atoms with Crippen LogP contribution in [0.15, 0.2) is 35.3 Å². The van der Waals surface area contributed by atoms with Gasteiger partial charge in [-0.25, -0.2) is 4.68 Å². The van der Waals surface area contributed by atoms with Gasteiger partial charge in [-0.2, -0.15) is 5.10 Å². The van der Waals surface area contributed by atoms with Gasteiger partial charge in [0.2, 0.25) is 5.91 Å². The number of hydrogen-bond donors (Lipinski definition) is 2. The van der Waals surface area contributed by atoms with Gasteiger partial charge in [-0.15, -0.1) is 0 Å². The van der Waals surface area contributed by atoms with Crippen molar-refractivity contribution in [1.82, 2.24) is 14.8 Å². The van der Waals surface area contributed by atoms with Gasteiger partial charge in [0.15, 0.2) is 0 Å². The average Bonchev–Trinajstić information content (AvgIpc) is 3.04. The highest BCUT2D eigenvalue weighted by molar-refractivity contribution is 5.94. The summed E-state index contributed by atoms with van der Waals surface area (Å²) in [6.45, 7) is 4.00. The number of hydrogen-bond acceptors (Lipinski definition) is 4. The van der Waals surface area contributed by atoms with Gasteiger partial charge < -0.3 is 15.0 Å². The van der Waals surface area contributed by atoms with Crippen molar-refractivity contribution in [3.05, 3.63) is 51.9 Å². The molecule has 7 heteroatoms. The van der Waals surface area contributed by atoms with Gasteiger partial charge in [0.1, 0.15) is 11.6 Å². The zero-order chi connectivity index (χ0) is 18.4. The summed E-state index contributed by atoms with van der Waals surface area (Å²) in [5.74, 6) is 0.926. The fourth-order valence-electron chi connectivity index (χ4n) is 3.49. The lowest BCUT2D eigenvalue weighted by Crippen LogP contribution is -2.28. The summed E-state index contributed by atoms with van der Waals surface area (Å²) < 4.78 is 6.99. The Hall–Kier alpha value is -3.09. The van der Waals surface area contributed by atoms with Crippen LogP contribution in [0.25, 0.3) is 10.9 Å². The predicted molar refractivity (Wildman–Crippen MR) is 98.8 cm³/mol. The second-order valence-electron chi connectivity index (χ2n) is 6.80. The van der Waals surface area contributed by atoms with Gasteiger partial charge in [0.25, 0.3) is 5.56 Å². The van der Waals surface area contributed by atoms with E-state index >= 15 is 0 Å². The molecule has 2 aromatic heterocycles. The molecule has 3 aromatic rings. The lowest BCUT2D eigenvalue weighted by Gasteiger charge is -2.24. The maximum atomic E-state index is 12.7. The minimum atomic E-state index is -0.318. The molecule has 0 radical (unpaired) electrons. The lowest BCUT2D eigenvalue weighted by molar-refractivity contribution is -0.116. The molecule has 0 saturated heterocycles. The van der Waals surface area contributed by atoms with Gasteiger partial charge in [0.05, 0.1) is 18.8 Å². The van der Waals surface area contributed by atoms with Crippen molar-refractivity contribution in [1.29, 1.82) is 0 Å². The number of fused-ring (bicyclic) bond motifs is 2. The molecule has 0 fully saturated rings. The predicted octanol–water partition coefficient (Wildman–Crippen LogP) is 2.79. The van der Waals surface area contributed by atoms with Crippen LogP contribution in [0.4, 0.5) is 5.82 Å². The number of amides is 1. The summed E-state index contributed by atoms with van der Waals surface area (Å²) in [5.41, 5.74) is 1.95. The van der Waals surface area contributed by atoms with Crippen molar-refractivity contribution in [2.75, 3.05) is 12.4 Å². The van der Waals surface area contributed by atoms with Gasteiger partial charge in [-0.05, 0) is 37.4 Å². The van der Waals surface area contributed by atoms with Crippen molar-refractivity contribution in [2.45, 2.75) is 32.2 Å². The largest absolute Gasteiger partial charge is 0.497 e. The number of anilines is 1. The minimum Gasteiger partial charge on any atom is -0.497 e. The Morgan fingerprint density at radius 2 is 2.04 bits per heavy atom. The van der Waals surface area contributed by atoms with Crippen LogP contribution in [0, 0.1) is 0 Å². The minimum absolute atomic E-state index is 0.111. The summed E-state index contributed by atoms with van der Waals surface area (Å²) in [6, 6.07) is 7.50. The first kappa shape index (κ1) is 16.4. The van der Waals surface area contributed by atoms with Crippen molar-refractivity contribution >= 4 is 22.6 Å². The molecule has 3 heterocycles. The molecule has 26 heavy (non-hydrogen) atoms. The smallest absolute Gasteiger partial charge is 0.252 e. The van der Waals surface area contributed by atoms with Crippen LogP contribution in [0.3, 0.4) is 0 Å². The van der Waals surface area contributed by atoms with Crippen molar-refractivity contribution < 1.29 is 9.53 Å². The van der Waals surface area contributed by atoms with E-state index in [-0.39, 0.29) is 29.8 Å². The molecule has 1 aromatic carbocycles. The van der Waals surface area contributed by atoms with E-state index in [9.17, 15) is 9.59 Å². The Morgan fingerprint density at radius 1 is 1.23 bits per heavy atom. The number of benzene rings is 1. The maximum absolute atomic E-state index is 12.7. The van der Waals surface area contributed by atoms with Crippen LogP contribution >= 0.6 is 0 Å². The number of methoxy groups -OCH3 is 1. The van der Waals surface area contributed by atoms with E-state index in [1.807, 2.05) is 32.0 Å². The topological polar surface area (TPSA) is 89.0 Å². The molecule has 0 bridgehead atoms. The molecule has 0 aliphatic carbocycles. The monoisotopic (exact) mass is 352 g/mol. The lowest BCUT2D eigenvalue weighted by atomic mass is 9.87. The Morgan fingerprint density at radius 3 is 2.77 bits per heavy atom. The Balaban J connectivity index is 1.87. The summed E-state index contributed by atoms with van der Waals surface area (Å²) >= 11 is 0. The van der Waals surface area contributed by atoms with Crippen LogP contribution in [0.2, 0.25) is 0 Å². The average molecular weight is 352 g/mol. The molecule has 1 aliphatic rings. The third kappa shape index (κ3) is 2.56. The molecule has 4 rings (SSSR count). The van der Waals surface area contributed by atoms with E-state index in [1.54, 1.807) is 24.1 Å². The third-order valence-corrected chi connectivity index (χ3v) is 4.79. The van der Waals surface area contributed by atoms with E-state index in [0.29, 0.717) is 22.6 Å². The SMILES string of the molecule is COc1ccc2cc(C3CC(=O)Nc4c3cnn4C(C)C)c(=O)[nH]c2c1. The first-order chi connectivity index (χ1) is 12.5. The quantitative estimate of drug-likeness (QED) is 0.758. The molecule has 1 aliphatic heterocycles. The highest BCUT2D eigenvalue weighted by Crippen LogP contribution is 2.37. The van der Waals surface area contributed by atoms with Crippen LogP contribution in [0.1, 0.15) is 43.4 Å². The Kier molecular flexibility index (Phi) is 3.79. The van der Waals surface area contributed by atoms with E-state index < -0.39 is 0 Å². The number of H-pyrrole nitrogens is 1. The number of aromatic nitrogens is 3. The zero-order valence-corrected chi connectivity index (χ0v) is 14.9. The molecule has 7 nitrogen and oxygen atoms in total. The molecular weight excluding hydrogens is 332 g/mol. The number of carbonyl (C=O) groups excluding carboxylic acids is 1. The first-order valence-electron chi connectivity index (χ1n) is 8.56. The molecule has 2 N–H and O–H groups in total. The summed E-state index contributed by atoms with van der Waals surface area (Å²) in [4.78, 5) is 27.9. The van der Waals surface area contributed by atoms with E-state index in [0.717, 1.165) is 10.9 Å². The summed E-state index contributed by atoms with van der Waals surface area (Å²) in [6.07, 6.45) is 1.97. The van der Waals surface area contributed by atoms with Crippen LogP contribution < -0.4 is 15.6 Å². The molecule has 134 valence electrons. The van der Waals surface area contributed by atoms with Crippen molar-refractivity contribution in [3.63, 3.8) is 0 Å². The van der Waals surface area contributed by atoms with Crippen molar-refractivity contribution in [3.8, 4) is 5.75 Å². The van der Waals surface area contributed by atoms with Crippen molar-refractivity contribution in [2.24, 2.45) is 0 Å². The molecule has 0 saturated carbocycles. The zero-order valence-electron chi connectivity index (χ0n) is 14.9. The van der Waals surface area contributed by atoms with Crippen LogP contribution in [0.5, 0.6) is 5.75 Å². The highest BCUT2D eigenvalue weighted by atomic mass is 16.5. The fourth-order valence-corrected chi connectivity index (χ4v) is 3.49. The summed E-state index contributed by atoms with van der Waals surface area (Å²) in [7, 11) is 1.59. The maximum Gasteiger partial charge on any atom is 0.252 e. The number of pyridine rings is 1. The third-order valence-electron chi connectivity index (χ3n) is 4.79. The molecule has 1 unspecified atom stereocenters. The van der Waals surface area contributed by atoms with Gasteiger partial charge in [-0.1, -0.05) is 0 Å². The number of aromatic amines is 1. The molecule has 0 spiro atoms. The molecule has 1 amide bonds. The van der Waals surface area contributed by atoms with Gasteiger partial charge in [0, 0.05) is 35.6 Å². The highest BCUT2D eigenvalue weighted by Gasteiger charge is 2.32. The number of rotatable bonds is 3. The Labute approximate surface area is 150 Å². The number of nitrogens with one attached hydrogen (secondary N) is 2. The normalized spacial score (nSPS) is 16.6. The standard InChI is InChI=1S/C19H20N4O3/c1-10(2)23-18-15(9-20-23)13(8-17(24)22-18)14-6-11-4-5-12(26-3)7-16(11)21-19(14)25/h4-7,9-10,13H,8H2,1-3H3,(H,21,25)(H,22,24). The second-order valence-corrected chi connectivity index (χ2v) is 6.80. The second kappa shape index (κ2) is 6.01. The van der Waals surface area contributed by atoms with Gasteiger partial charge in [-0.3, -0.25) is 9.59 Å². The number of nitrogens with zero attached hydrogens (tertiary/aromatic N) is 2. The summed E-state index contributed by atoms with van der Waals surface area (Å²) in [5, 5.41) is 8.18. The van der Waals surface area contributed by atoms with Crippen LogP contribution in [-0.4, -0.2) is 27.8 Å². The molecular formula is C19H20N4O3. The van der Waals surface area contributed by atoms with E-state index in [1.165, 1.54) is 0 Å².